The summed E-state index contributed by atoms with van der Waals surface area (Å²) in [4.78, 5) is 26.2. The minimum atomic E-state index is -0.222. The van der Waals surface area contributed by atoms with E-state index in [1.165, 1.54) is 0 Å². The molecule has 1 unspecified atom stereocenters. The van der Waals surface area contributed by atoms with Crippen molar-refractivity contribution in [2.24, 2.45) is 11.8 Å². The number of carbonyl (C=O) groups excluding carboxylic acids is 2. The molecule has 0 aromatic rings. The van der Waals surface area contributed by atoms with Gasteiger partial charge < -0.3 is 15.0 Å². The van der Waals surface area contributed by atoms with E-state index in [0.29, 0.717) is 11.7 Å². The number of carbonyl (C=O) groups is 2. The number of likely N-dealkylation sites (N-methyl/N-ethyl adjacent to an activating group) is 1. The molecule has 2 aliphatic heterocycles. The summed E-state index contributed by atoms with van der Waals surface area (Å²) in [5, 5.41) is 3.56. The van der Waals surface area contributed by atoms with Crippen LogP contribution in [0.4, 0.5) is 0 Å². The Morgan fingerprint density at radius 1 is 1.36 bits per heavy atom. The Hall–Kier alpha value is -1.43. The standard InChI is InChI=1S/C16H24N2O3S/c1-9(2)12-7-18-11(6-13(19)17-5)8-22-15(18)14(12)16(20)21-10(3)4/h6,9-10,12H,7-8H2,1-5H3,(H,17,19)/b11-6+. The summed E-state index contributed by atoms with van der Waals surface area (Å²) in [6.07, 6.45) is 1.49. The molecule has 0 bridgehead atoms. The highest BCUT2D eigenvalue weighted by molar-refractivity contribution is 8.03. The Bertz CT molecular complexity index is 538. The van der Waals surface area contributed by atoms with E-state index in [9.17, 15) is 9.59 Å². The van der Waals surface area contributed by atoms with E-state index in [-0.39, 0.29) is 23.9 Å². The highest BCUT2D eigenvalue weighted by atomic mass is 32.2. The first-order valence-electron chi connectivity index (χ1n) is 7.62. The predicted molar refractivity (Wildman–Crippen MR) is 87.9 cm³/mol. The third-order valence-electron chi connectivity index (χ3n) is 3.84. The number of rotatable bonds is 4. The summed E-state index contributed by atoms with van der Waals surface area (Å²) in [6.45, 7) is 8.69. The van der Waals surface area contributed by atoms with Crippen molar-refractivity contribution in [3.63, 3.8) is 0 Å². The predicted octanol–water partition coefficient (Wildman–Crippen LogP) is 2.11. The molecule has 2 heterocycles. The second-order valence-electron chi connectivity index (χ2n) is 6.17. The molecule has 1 saturated heterocycles. The van der Waals surface area contributed by atoms with E-state index < -0.39 is 0 Å². The maximum Gasteiger partial charge on any atom is 0.337 e. The maximum atomic E-state index is 12.5. The first-order chi connectivity index (χ1) is 10.3. The van der Waals surface area contributed by atoms with Gasteiger partial charge in [0.2, 0.25) is 5.91 Å². The van der Waals surface area contributed by atoms with Gasteiger partial charge in [0, 0.05) is 37.0 Å². The van der Waals surface area contributed by atoms with E-state index in [1.54, 1.807) is 24.9 Å². The first kappa shape index (κ1) is 16.9. The quantitative estimate of drug-likeness (QED) is 0.634. The van der Waals surface area contributed by atoms with Crippen molar-refractivity contribution in [1.82, 2.24) is 10.2 Å². The fraction of sp³-hybridized carbons (Fsp3) is 0.625. The van der Waals surface area contributed by atoms with Gasteiger partial charge in [-0.2, -0.15) is 0 Å². The van der Waals surface area contributed by atoms with Crippen molar-refractivity contribution in [2.45, 2.75) is 33.8 Å². The van der Waals surface area contributed by atoms with Gasteiger partial charge in [-0.15, -0.1) is 11.8 Å². The van der Waals surface area contributed by atoms with E-state index in [2.05, 4.69) is 24.1 Å². The summed E-state index contributed by atoms with van der Waals surface area (Å²) in [5.74, 6) is 0.860. The van der Waals surface area contributed by atoms with Crippen LogP contribution in [0.2, 0.25) is 0 Å². The van der Waals surface area contributed by atoms with Crippen LogP contribution in [-0.2, 0) is 14.3 Å². The molecule has 1 amide bonds. The van der Waals surface area contributed by atoms with E-state index in [0.717, 1.165) is 22.8 Å². The fourth-order valence-corrected chi connectivity index (χ4v) is 3.96. The Labute approximate surface area is 136 Å². The first-order valence-corrected chi connectivity index (χ1v) is 8.61. The molecule has 1 fully saturated rings. The zero-order chi connectivity index (χ0) is 16.4. The number of ether oxygens (including phenoxy) is 1. The van der Waals surface area contributed by atoms with Gasteiger partial charge in [0.15, 0.2) is 0 Å². The summed E-state index contributed by atoms with van der Waals surface area (Å²) in [5.41, 5.74) is 1.73. The van der Waals surface area contributed by atoms with Crippen molar-refractivity contribution in [3.8, 4) is 0 Å². The average Bonchev–Trinajstić information content (AvgIpc) is 2.97. The van der Waals surface area contributed by atoms with Gasteiger partial charge in [-0.25, -0.2) is 4.79 Å². The van der Waals surface area contributed by atoms with Crippen LogP contribution in [0.5, 0.6) is 0 Å². The molecule has 0 saturated carbocycles. The lowest BCUT2D eigenvalue weighted by Crippen LogP contribution is -2.25. The number of thioether (sulfide) groups is 1. The highest BCUT2D eigenvalue weighted by Gasteiger charge is 2.42. The normalized spacial score (nSPS) is 22.8. The van der Waals surface area contributed by atoms with Gasteiger partial charge in [0.05, 0.1) is 16.7 Å². The minimum Gasteiger partial charge on any atom is -0.460 e. The summed E-state index contributed by atoms with van der Waals surface area (Å²) < 4.78 is 5.42. The summed E-state index contributed by atoms with van der Waals surface area (Å²) in [6, 6.07) is 0. The largest absolute Gasteiger partial charge is 0.460 e. The Morgan fingerprint density at radius 2 is 2.05 bits per heavy atom. The van der Waals surface area contributed by atoms with Gasteiger partial charge >= 0.3 is 5.97 Å². The van der Waals surface area contributed by atoms with Gasteiger partial charge in [0.1, 0.15) is 0 Å². The second kappa shape index (κ2) is 6.77. The van der Waals surface area contributed by atoms with Gasteiger partial charge in [0.25, 0.3) is 0 Å². The zero-order valence-corrected chi connectivity index (χ0v) is 14.6. The molecule has 2 rings (SSSR count). The van der Waals surface area contributed by atoms with Crippen molar-refractivity contribution < 1.29 is 14.3 Å². The van der Waals surface area contributed by atoms with Crippen LogP contribution in [0.3, 0.4) is 0 Å². The zero-order valence-electron chi connectivity index (χ0n) is 13.8. The number of amides is 1. The lowest BCUT2D eigenvalue weighted by atomic mass is 9.90. The number of fused-ring (bicyclic) bond motifs is 1. The van der Waals surface area contributed by atoms with Crippen molar-refractivity contribution in [2.75, 3.05) is 19.3 Å². The van der Waals surface area contributed by atoms with Gasteiger partial charge in [-0.05, 0) is 19.8 Å². The SMILES string of the molecule is CNC(=O)/C=C1\CSC2=C(C(=O)OC(C)C)C(C(C)C)CN21. The molecule has 1 N–H and O–H groups in total. The molecule has 2 aliphatic rings. The van der Waals surface area contributed by atoms with E-state index >= 15 is 0 Å². The smallest absolute Gasteiger partial charge is 0.337 e. The van der Waals surface area contributed by atoms with Crippen molar-refractivity contribution >= 4 is 23.6 Å². The van der Waals surface area contributed by atoms with Crippen LogP contribution in [0.15, 0.2) is 22.4 Å². The van der Waals surface area contributed by atoms with Crippen LogP contribution in [0.1, 0.15) is 27.7 Å². The van der Waals surface area contributed by atoms with Crippen molar-refractivity contribution in [3.05, 3.63) is 22.4 Å². The second-order valence-corrected chi connectivity index (χ2v) is 7.14. The molecule has 0 aromatic heterocycles. The Kier molecular flexibility index (Phi) is 5.21. The Morgan fingerprint density at radius 3 is 2.59 bits per heavy atom. The maximum absolute atomic E-state index is 12.5. The molecule has 0 aromatic carbocycles. The number of esters is 1. The fourth-order valence-electron chi connectivity index (χ4n) is 2.70. The summed E-state index contributed by atoms with van der Waals surface area (Å²) in [7, 11) is 1.62. The number of hydrogen-bond acceptors (Lipinski definition) is 5. The molecule has 6 heteroatoms. The van der Waals surface area contributed by atoms with E-state index in [1.807, 2.05) is 13.8 Å². The molecular formula is C16H24N2O3S. The minimum absolute atomic E-state index is 0.115. The van der Waals surface area contributed by atoms with Crippen molar-refractivity contribution in [1.29, 1.82) is 0 Å². The molecule has 0 radical (unpaired) electrons. The van der Waals surface area contributed by atoms with Crippen LogP contribution in [0.25, 0.3) is 0 Å². The van der Waals surface area contributed by atoms with Gasteiger partial charge in [-0.3, -0.25) is 4.79 Å². The topological polar surface area (TPSA) is 58.6 Å². The molecule has 1 atom stereocenters. The third kappa shape index (κ3) is 3.32. The number of hydrogen-bond donors (Lipinski definition) is 1. The third-order valence-corrected chi connectivity index (χ3v) is 4.99. The van der Waals surface area contributed by atoms with Crippen LogP contribution in [-0.4, -0.2) is 42.2 Å². The van der Waals surface area contributed by atoms with Crippen LogP contribution < -0.4 is 5.32 Å². The molecular weight excluding hydrogens is 300 g/mol. The lowest BCUT2D eigenvalue weighted by Gasteiger charge is -2.20. The molecule has 5 nitrogen and oxygen atoms in total. The lowest BCUT2D eigenvalue weighted by molar-refractivity contribution is -0.143. The van der Waals surface area contributed by atoms with Crippen LogP contribution >= 0.6 is 11.8 Å². The average molecular weight is 324 g/mol. The molecule has 22 heavy (non-hydrogen) atoms. The van der Waals surface area contributed by atoms with Crippen LogP contribution in [0, 0.1) is 11.8 Å². The molecule has 0 spiro atoms. The highest BCUT2D eigenvalue weighted by Crippen LogP contribution is 2.47. The van der Waals surface area contributed by atoms with E-state index in [4.69, 9.17) is 4.74 Å². The van der Waals surface area contributed by atoms with Gasteiger partial charge in [-0.1, -0.05) is 13.8 Å². The molecule has 122 valence electrons. The monoisotopic (exact) mass is 324 g/mol. The number of nitrogens with one attached hydrogen (secondary N) is 1. The summed E-state index contributed by atoms with van der Waals surface area (Å²) >= 11 is 1.61. The Balaban J connectivity index is 2.33. The molecule has 0 aliphatic carbocycles. The number of nitrogens with zero attached hydrogens (tertiary/aromatic N) is 1.